The lowest BCUT2D eigenvalue weighted by atomic mass is 10.2. The first-order valence-electron chi connectivity index (χ1n) is 8.18. The van der Waals surface area contributed by atoms with Crippen molar-refractivity contribution in [1.82, 2.24) is 29.1 Å². The highest BCUT2D eigenvalue weighted by Crippen LogP contribution is 2.11. The van der Waals surface area contributed by atoms with Crippen LogP contribution in [-0.2, 0) is 11.3 Å². The van der Waals surface area contributed by atoms with E-state index >= 15 is 0 Å². The van der Waals surface area contributed by atoms with Crippen molar-refractivity contribution in [2.45, 2.75) is 13.5 Å². The van der Waals surface area contributed by atoms with E-state index in [2.05, 4.69) is 25.3 Å². The van der Waals surface area contributed by atoms with Crippen molar-refractivity contribution in [3.8, 4) is 5.82 Å². The molecule has 0 saturated carbocycles. The zero-order valence-corrected chi connectivity index (χ0v) is 14.4. The van der Waals surface area contributed by atoms with Gasteiger partial charge in [-0.2, -0.15) is 0 Å². The molecular weight excluding hydrogens is 346 g/mol. The van der Waals surface area contributed by atoms with Gasteiger partial charge >= 0.3 is 0 Å². The van der Waals surface area contributed by atoms with E-state index in [0.29, 0.717) is 22.5 Å². The monoisotopic (exact) mass is 361 g/mol. The summed E-state index contributed by atoms with van der Waals surface area (Å²) in [6.45, 7) is 1.68. The van der Waals surface area contributed by atoms with Gasteiger partial charge in [0, 0.05) is 18.5 Å². The van der Waals surface area contributed by atoms with E-state index in [1.807, 2.05) is 6.92 Å². The summed E-state index contributed by atoms with van der Waals surface area (Å²) >= 11 is 0. The molecule has 9 nitrogen and oxygen atoms in total. The summed E-state index contributed by atoms with van der Waals surface area (Å²) in [6, 6.07) is 8.63. The molecular formula is C18H15N7O2. The van der Waals surface area contributed by atoms with Crippen LogP contribution in [-0.4, -0.2) is 35.0 Å². The topological polar surface area (TPSA) is 108 Å². The number of carbonyl (C=O) groups excluding carboxylic acids is 1. The first kappa shape index (κ1) is 16.6. The number of anilines is 1. The Hall–Kier alpha value is -3.88. The number of aromatic nitrogens is 6. The normalized spacial score (nSPS) is 10.9. The fourth-order valence-electron chi connectivity index (χ4n) is 2.72. The minimum Gasteiger partial charge on any atom is -0.309 e. The highest BCUT2D eigenvalue weighted by atomic mass is 16.2. The van der Waals surface area contributed by atoms with Gasteiger partial charge in [0.1, 0.15) is 30.3 Å². The van der Waals surface area contributed by atoms with Gasteiger partial charge in [-0.25, -0.2) is 19.9 Å². The number of nitrogens with one attached hydrogen (secondary N) is 1. The van der Waals surface area contributed by atoms with E-state index in [9.17, 15) is 9.59 Å². The Morgan fingerprint density at radius 1 is 1.15 bits per heavy atom. The lowest BCUT2D eigenvalue weighted by Crippen LogP contribution is -2.28. The maximum absolute atomic E-state index is 12.5. The number of para-hydroxylation sites is 1. The molecule has 134 valence electrons. The highest BCUT2D eigenvalue weighted by Gasteiger charge is 2.10. The molecule has 0 radical (unpaired) electrons. The average Bonchev–Trinajstić information content (AvgIpc) is 3.10. The molecule has 0 aliphatic rings. The predicted octanol–water partition coefficient (Wildman–Crippen LogP) is 1.32. The second-order valence-electron chi connectivity index (χ2n) is 5.85. The molecule has 1 N–H and O–H groups in total. The summed E-state index contributed by atoms with van der Waals surface area (Å²) in [7, 11) is 0. The molecule has 1 aromatic carbocycles. The van der Waals surface area contributed by atoms with Gasteiger partial charge in [0.2, 0.25) is 5.91 Å². The molecule has 1 amide bonds. The molecule has 3 heterocycles. The Balaban J connectivity index is 1.54. The van der Waals surface area contributed by atoms with Crippen molar-refractivity contribution in [3.63, 3.8) is 0 Å². The summed E-state index contributed by atoms with van der Waals surface area (Å²) < 4.78 is 3.04. The molecule has 0 aliphatic carbocycles. The average molecular weight is 361 g/mol. The fourth-order valence-corrected chi connectivity index (χ4v) is 2.72. The molecule has 0 atom stereocenters. The Bertz CT molecular complexity index is 1200. The predicted molar refractivity (Wildman–Crippen MR) is 98.5 cm³/mol. The maximum Gasteiger partial charge on any atom is 0.261 e. The minimum absolute atomic E-state index is 0.167. The highest BCUT2D eigenvalue weighted by molar-refractivity contribution is 5.90. The number of carbonyl (C=O) groups is 1. The number of amides is 1. The van der Waals surface area contributed by atoms with Crippen LogP contribution < -0.4 is 10.9 Å². The van der Waals surface area contributed by atoms with Gasteiger partial charge < -0.3 is 5.32 Å². The molecule has 0 fully saturated rings. The van der Waals surface area contributed by atoms with Crippen LogP contribution in [0.4, 0.5) is 5.82 Å². The van der Waals surface area contributed by atoms with Crippen molar-refractivity contribution >= 4 is 22.6 Å². The Morgan fingerprint density at radius 2 is 2.00 bits per heavy atom. The second-order valence-corrected chi connectivity index (χ2v) is 5.85. The van der Waals surface area contributed by atoms with Crippen molar-refractivity contribution in [2.75, 3.05) is 5.32 Å². The van der Waals surface area contributed by atoms with E-state index in [1.54, 1.807) is 47.3 Å². The number of aryl methyl sites for hydroxylation is 1. The molecule has 0 aliphatic heterocycles. The van der Waals surface area contributed by atoms with Crippen LogP contribution in [0, 0.1) is 6.92 Å². The van der Waals surface area contributed by atoms with Crippen LogP contribution in [0.1, 0.15) is 5.82 Å². The zero-order valence-electron chi connectivity index (χ0n) is 14.4. The van der Waals surface area contributed by atoms with Crippen molar-refractivity contribution in [1.29, 1.82) is 0 Å². The third kappa shape index (κ3) is 3.30. The van der Waals surface area contributed by atoms with Gasteiger partial charge in [-0.05, 0) is 19.1 Å². The number of benzene rings is 1. The summed E-state index contributed by atoms with van der Waals surface area (Å²) in [4.78, 5) is 41.4. The van der Waals surface area contributed by atoms with Gasteiger partial charge in [0.25, 0.3) is 5.56 Å². The molecule has 4 aromatic rings. The summed E-state index contributed by atoms with van der Waals surface area (Å²) in [5.74, 6) is 1.29. The first-order chi connectivity index (χ1) is 13.1. The Kier molecular flexibility index (Phi) is 4.17. The molecule has 9 heteroatoms. The van der Waals surface area contributed by atoms with Crippen LogP contribution in [0.25, 0.3) is 16.7 Å². The van der Waals surface area contributed by atoms with E-state index in [1.165, 1.54) is 17.2 Å². The van der Waals surface area contributed by atoms with Gasteiger partial charge in [0.15, 0.2) is 0 Å². The van der Waals surface area contributed by atoms with Gasteiger partial charge in [0.05, 0.1) is 17.2 Å². The fraction of sp³-hybridized carbons (Fsp3) is 0.111. The zero-order chi connectivity index (χ0) is 18.8. The molecule has 0 spiro atoms. The van der Waals surface area contributed by atoms with Crippen molar-refractivity contribution in [3.05, 3.63) is 71.6 Å². The largest absolute Gasteiger partial charge is 0.309 e. The van der Waals surface area contributed by atoms with Crippen LogP contribution in [0.15, 0.2) is 60.2 Å². The number of nitrogens with zero attached hydrogens (tertiary/aromatic N) is 6. The maximum atomic E-state index is 12.5. The third-order valence-electron chi connectivity index (χ3n) is 4.04. The summed E-state index contributed by atoms with van der Waals surface area (Å²) in [6.07, 6.45) is 6.15. The van der Waals surface area contributed by atoms with Crippen molar-refractivity contribution < 1.29 is 4.79 Å². The van der Waals surface area contributed by atoms with Crippen LogP contribution >= 0.6 is 0 Å². The molecule has 4 rings (SSSR count). The SMILES string of the molecule is Cc1nccn1-c1cc(NC(=O)Cn2cnc3ccccc3c2=O)ncn1. The first-order valence-corrected chi connectivity index (χ1v) is 8.18. The van der Waals surface area contributed by atoms with Crippen LogP contribution in [0.5, 0.6) is 0 Å². The molecule has 0 bridgehead atoms. The smallest absolute Gasteiger partial charge is 0.261 e. The van der Waals surface area contributed by atoms with Gasteiger partial charge in [-0.3, -0.25) is 18.7 Å². The summed E-state index contributed by atoms with van der Waals surface area (Å²) in [5, 5.41) is 3.14. The van der Waals surface area contributed by atoms with Crippen LogP contribution in [0.2, 0.25) is 0 Å². The molecule has 3 aromatic heterocycles. The molecule has 0 unspecified atom stereocenters. The van der Waals surface area contributed by atoms with Gasteiger partial charge in [-0.1, -0.05) is 12.1 Å². The quantitative estimate of drug-likeness (QED) is 0.587. The third-order valence-corrected chi connectivity index (χ3v) is 4.04. The number of hydrogen-bond acceptors (Lipinski definition) is 6. The number of imidazole rings is 1. The minimum atomic E-state index is -0.388. The van der Waals surface area contributed by atoms with E-state index in [4.69, 9.17) is 0 Å². The van der Waals surface area contributed by atoms with Crippen LogP contribution in [0.3, 0.4) is 0 Å². The number of fused-ring (bicyclic) bond motifs is 1. The second kappa shape index (κ2) is 6.79. The lowest BCUT2D eigenvalue weighted by molar-refractivity contribution is -0.116. The number of hydrogen-bond donors (Lipinski definition) is 1. The van der Waals surface area contributed by atoms with E-state index < -0.39 is 0 Å². The summed E-state index contributed by atoms with van der Waals surface area (Å²) in [5.41, 5.74) is 0.323. The molecule has 27 heavy (non-hydrogen) atoms. The standard InChI is InChI=1S/C18H15N7O2/c1-12-19-6-7-25(12)16-8-15(20-10-21-16)23-17(26)9-24-11-22-14-5-3-2-4-13(14)18(24)27/h2-8,10-11H,9H2,1H3,(H,20,21,23,26). The van der Waals surface area contributed by atoms with E-state index in [0.717, 1.165) is 5.82 Å². The Morgan fingerprint density at radius 3 is 2.81 bits per heavy atom. The van der Waals surface area contributed by atoms with Gasteiger partial charge in [-0.15, -0.1) is 0 Å². The molecule has 0 saturated heterocycles. The van der Waals surface area contributed by atoms with Crippen molar-refractivity contribution in [2.24, 2.45) is 0 Å². The van der Waals surface area contributed by atoms with E-state index in [-0.39, 0.29) is 18.0 Å². The number of rotatable bonds is 4. The Labute approximate surface area is 153 Å². The lowest BCUT2D eigenvalue weighted by Gasteiger charge is -2.09.